The summed E-state index contributed by atoms with van der Waals surface area (Å²) in [5.74, 6) is -0.437. The molecule has 1 aromatic heterocycles. The van der Waals surface area contributed by atoms with Crippen LogP contribution in [0.2, 0.25) is 0 Å². The smallest absolute Gasteiger partial charge is 0.265 e. The lowest BCUT2D eigenvalue weighted by Crippen LogP contribution is -2.43. The van der Waals surface area contributed by atoms with Crippen molar-refractivity contribution in [2.75, 3.05) is 17.2 Å². The molecule has 0 saturated carbocycles. The molecule has 0 aliphatic carbocycles. The van der Waals surface area contributed by atoms with Gasteiger partial charge >= 0.3 is 0 Å². The molecule has 0 bridgehead atoms. The minimum Gasteiger partial charge on any atom is -0.330 e. The fraction of sp³-hybridized carbons (Fsp3) is 0.208. The second kappa shape index (κ2) is 9.57. The number of thiophene rings is 1. The minimum absolute atomic E-state index is 0.0409. The maximum atomic E-state index is 12.9. The summed E-state index contributed by atoms with van der Waals surface area (Å²) in [6.07, 6.45) is 1.73. The highest BCUT2D eigenvalue weighted by molar-refractivity contribution is 7.12. The average Bonchev–Trinajstić information content (AvgIpc) is 3.47. The molecule has 31 heavy (non-hydrogen) atoms. The molecule has 1 saturated heterocycles. The fourth-order valence-corrected chi connectivity index (χ4v) is 4.33. The molecule has 3 amide bonds. The van der Waals surface area contributed by atoms with Gasteiger partial charge in [0.2, 0.25) is 11.8 Å². The number of hydrogen-bond acceptors (Lipinski definition) is 4. The largest absolute Gasteiger partial charge is 0.330 e. The summed E-state index contributed by atoms with van der Waals surface area (Å²) in [5.41, 5.74) is 2.11. The zero-order valence-electron chi connectivity index (χ0n) is 16.9. The number of benzene rings is 2. The first kappa shape index (κ1) is 20.8. The molecular formula is C24H23N3O3S. The summed E-state index contributed by atoms with van der Waals surface area (Å²) in [5, 5.41) is 7.58. The number of nitrogens with zero attached hydrogens (tertiary/aromatic N) is 1. The molecular weight excluding hydrogens is 410 g/mol. The van der Waals surface area contributed by atoms with Crippen LogP contribution in [0.5, 0.6) is 0 Å². The van der Waals surface area contributed by atoms with Gasteiger partial charge in [0.05, 0.1) is 11.3 Å². The van der Waals surface area contributed by atoms with E-state index in [-0.39, 0.29) is 24.1 Å². The average molecular weight is 434 g/mol. The van der Waals surface area contributed by atoms with Gasteiger partial charge in [-0.05, 0) is 48.1 Å². The third-order valence-electron chi connectivity index (χ3n) is 5.21. The predicted molar refractivity (Wildman–Crippen MR) is 122 cm³/mol. The second-order valence-electron chi connectivity index (χ2n) is 7.41. The van der Waals surface area contributed by atoms with Crippen molar-refractivity contribution in [3.05, 3.63) is 82.6 Å². The van der Waals surface area contributed by atoms with Crippen LogP contribution < -0.4 is 10.6 Å². The van der Waals surface area contributed by atoms with E-state index in [1.807, 2.05) is 41.8 Å². The first-order chi connectivity index (χ1) is 15.1. The SMILES string of the molecule is O=C(Nc1cccc(NC(=O)C2CCCN2C(=O)Cc2ccccc2)c1)c1cccs1. The van der Waals surface area contributed by atoms with Crippen LogP contribution in [-0.2, 0) is 16.0 Å². The highest BCUT2D eigenvalue weighted by Gasteiger charge is 2.33. The maximum Gasteiger partial charge on any atom is 0.265 e. The molecule has 2 aromatic carbocycles. The third kappa shape index (κ3) is 5.19. The number of likely N-dealkylation sites (tertiary alicyclic amines) is 1. The lowest BCUT2D eigenvalue weighted by atomic mass is 10.1. The van der Waals surface area contributed by atoms with Crippen molar-refractivity contribution in [3.63, 3.8) is 0 Å². The van der Waals surface area contributed by atoms with Crippen LogP contribution in [0.3, 0.4) is 0 Å². The molecule has 0 radical (unpaired) electrons. The molecule has 1 atom stereocenters. The summed E-state index contributed by atoms with van der Waals surface area (Å²) in [6.45, 7) is 0.584. The van der Waals surface area contributed by atoms with Crippen LogP contribution in [0.1, 0.15) is 28.1 Å². The molecule has 2 N–H and O–H groups in total. The summed E-state index contributed by atoms with van der Waals surface area (Å²) in [4.78, 5) is 40.2. The van der Waals surface area contributed by atoms with E-state index in [1.54, 1.807) is 35.2 Å². The van der Waals surface area contributed by atoms with Crippen molar-refractivity contribution >= 4 is 40.4 Å². The van der Waals surface area contributed by atoms with Crippen LogP contribution in [0.4, 0.5) is 11.4 Å². The van der Waals surface area contributed by atoms with E-state index in [4.69, 9.17) is 0 Å². The van der Waals surface area contributed by atoms with Crippen molar-refractivity contribution in [1.29, 1.82) is 0 Å². The summed E-state index contributed by atoms with van der Waals surface area (Å²) < 4.78 is 0. The van der Waals surface area contributed by atoms with Crippen LogP contribution >= 0.6 is 11.3 Å². The monoisotopic (exact) mass is 433 g/mol. The van der Waals surface area contributed by atoms with Gasteiger partial charge < -0.3 is 15.5 Å². The number of amides is 3. The quantitative estimate of drug-likeness (QED) is 0.612. The van der Waals surface area contributed by atoms with Gasteiger partial charge in [0, 0.05) is 17.9 Å². The Morgan fingerprint density at radius 1 is 0.935 bits per heavy atom. The van der Waals surface area contributed by atoms with Gasteiger partial charge in [-0.25, -0.2) is 0 Å². The van der Waals surface area contributed by atoms with E-state index in [0.29, 0.717) is 29.2 Å². The van der Waals surface area contributed by atoms with Gasteiger partial charge in [0.15, 0.2) is 0 Å². The Labute approximate surface area is 184 Å². The van der Waals surface area contributed by atoms with Crippen LogP contribution in [0.15, 0.2) is 72.1 Å². The van der Waals surface area contributed by atoms with E-state index in [0.717, 1.165) is 12.0 Å². The van der Waals surface area contributed by atoms with Gasteiger partial charge in [-0.2, -0.15) is 0 Å². The van der Waals surface area contributed by atoms with E-state index in [9.17, 15) is 14.4 Å². The molecule has 6 nitrogen and oxygen atoms in total. The Balaban J connectivity index is 1.39. The molecule has 3 aromatic rings. The number of carbonyl (C=O) groups is 3. The van der Waals surface area contributed by atoms with Gasteiger partial charge in [0.1, 0.15) is 6.04 Å². The van der Waals surface area contributed by atoms with Crippen molar-refractivity contribution in [2.24, 2.45) is 0 Å². The normalized spacial score (nSPS) is 15.5. The van der Waals surface area contributed by atoms with Gasteiger partial charge in [0.25, 0.3) is 5.91 Å². The Morgan fingerprint density at radius 3 is 2.45 bits per heavy atom. The zero-order chi connectivity index (χ0) is 21.6. The van der Waals surface area contributed by atoms with Gasteiger partial charge in [-0.15, -0.1) is 11.3 Å². The van der Waals surface area contributed by atoms with Gasteiger partial charge in [-0.3, -0.25) is 14.4 Å². The number of hydrogen-bond donors (Lipinski definition) is 2. The molecule has 1 fully saturated rings. The lowest BCUT2D eigenvalue weighted by Gasteiger charge is -2.24. The van der Waals surface area contributed by atoms with Crippen molar-refractivity contribution in [2.45, 2.75) is 25.3 Å². The lowest BCUT2D eigenvalue weighted by molar-refractivity contribution is -0.136. The Morgan fingerprint density at radius 2 is 1.71 bits per heavy atom. The number of carbonyl (C=O) groups excluding carboxylic acids is 3. The predicted octanol–water partition coefficient (Wildman–Crippen LogP) is 4.17. The first-order valence-corrected chi connectivity index (χ1v) is 11.1. The van der Waals surface area contributed by atoms with Crippen molar-refractivity contribution in [1.82, 2.24) is 4.90 Å². The highest BCUT2D eigenvalue weighted by Crippen LogP contribution is 2.22. The molecule has 4 rings (SSSR count). The summed E-state index contributed by atoms with van der Waals surface area (Å²) in [6, 6.07) is 19.7. The number of rotatable bonds is 6. The fourth-order valence-electron chi connectivity index (χ4n) is 3.71. The van der Waals surface area contributed by atoms with Crippen LogP contribution in [-0.4, -0.2) is 35.2 Å². The van der Waals surface area contributed by atoms with Crippen LogP contribution in [0, 0.1) is 0 Å². The Hall–Kier alpha value is -3.45. The topological polar surface area (TPSA) is 78.5 Å². The third-order valence-corrected chi connectivity index (χ3v) is 6.08. The van der Waals surface area contributed by atoms with E-state index in [1.165, 1.54) is 11.3 Å². The van der Waals surface area contributed by atoms with Crippen molar-refractivity contribution in [3.8, 4) is 0 Å². The van der Waals surface area contributed by atoms with E-state index >= 15 is 0 Å². The minimum atomic E-state index is -0.486. The molecule has 158 valence electrons. The zero-order valence-corrected chi connectivity index (χ0v) is 17.7. The Kier molecular flexibility index (Phi) is 6.43. The molecule has 1 aliphatic heterocycles. The Bertz CT molecular complexity index is 1070. The molecule has 2 heterocycles. The highest BCUT2D eigenvalue weighted by atomic mass is 32.1. The number of anilines is 2. The van der Waals surface area contributed by atoms with E-state index < -0.39 is 6.04 Å². The second-order valence-corrected chi connectivity index (χ2v) is 8.36. The van der Waals surface area contributed by atoms with Gasteiger partial charge in [-0.1, -0.05) is 42.5 Å². The van der Waals surface area contributed by atoms with E-state index in [2.05, 4.69) is 10.6 Å². The summed E-state index contributed by atoms with van der Waals surface area (Å²) in [7, 11) is 0. The standard InChI is InChI=1S/C24H23N3O3S/c28-22(15-17-7-2-1-3-8-17)27-13-5-11-20(27)23(29)25-18-9-4-10-19(16-18)26-24(30)21-12-6-14-31-21/h1-4,6-10,12,14,16,20H,5,11,13,15H2,(H,25,29)(H,26,30). The molecule has 1 aliphatic rings. The molecule has 0 spiro atoms. The molecule has 7 heteroatoms. The van der Waals surface area contributed by atoms with Crippen LogP contribution in [0.25, 0.3) is 0 Å². The summed E-state index contributed by atoms with van der Waals surface area (Å²) >= 11 is 1.37. The maximum absolute atomic E-state index is 12.9. The molecule has 1 unspecified atom stereocenters. The number of nitrogens with one attached hydrogen (secondary N) is 2. The van der Waals surface area contributed by atoms with Crippen molar-refractivity contribution < 1.29 is 14.4 Å². The first-order valence-electron chi connectivity index (χ1n) is 10.2.